The number of fused-ring (bicyclic) bond motifs is 2. The average Bonchev–Trinajstić information content (AvgIpc) is 3.13. The van der Waals surface area contributed by atoms with Crippen LogP contribution in [0.2, 0.25) is 0 Å². The van der Waals surface area contributed by atoms with E-state index in [9.17, 15) is 9.18 Å². The van der Waals surface area contributed by atoms with Crippen LogP contribution < -0.4 is 5.73 Å². The predicted molar refractivity (Wildman–Crippen MR) is 124 cm³/mol. The minimum Gasteiger partial charge on any atom is -0.373 e. The molecule has 1 unspecified atom stereocenters. The maximum Gasteiger partial charge on any atom is 0.248 e. The summed E-state index contributed by atoms with van der Waals surface area (Å²) < 4.78 is 21.7. The molecule has 2 aliphatic heterocycles. The Morgan fingerprint density at radius 1 is 1.22 bits per heavy atom. The third kappa shape index (κ3) is 3.96. The van der Waals surface area contributed by atoms with Crippen LogP contribution in [0.3, 0.4) is 0 Å². The fourth-order valence-corrected chi connectivity index (χ4v) is 5.00. The van der Waals surface area contributed by atoms with E-state index >= 15 is 0 Å². The van der Waals surface area contributed by atoms with E-state index in [1.807, 2.05) is 29.8 Å². The highest BCUT2D eigenvalue weighted by atomic mass is 19.1. The number of benzene rings is 2. The minimum absolute atomic E-state index is 0.0546. The largest absolute Gasteiger partial charge is 0.373 e. The first-order valence-electron chi connectivity index (χ1n) is 11.2. The number of nitrogens with two attached hydrogens (primary N) is 1. The first-order chi connectivity index (χ1) is 15.5. The van der Waals surface area contributed by atoms with E-state index < -0.39 is 0 Å². The van der Waals surface area contributed by atoms with Crippen LogP contribution in [-0.2, 0) is 18.2 Å². The van der Waals surface area contributed by atoms with Crippen molar-refractivity contribution in [2.24, 2.45) is 12.8 Å². The van der Waals surface area contributed by atoms with Gasteiger partial charge in [0.25, 0.3) is 0 Å². The van der Waals surface area contributed by atoms with Crippen molar-refractivity contribution < 1.29 is 13.9 Å². The summed E-state index contributed by atoms with van der Waals surface area (Å²) in [4.78, 5) is 13.9. The average molecular weight is 434 g/mol. The lowest BCUT2D eigenvalue weighted by Crippen LogP contribution is -2.31. The third-order valence-electron chi connectivity index (χ3n) is 6.76. The summed E-state index contributed by atoms with van der Waals surface area (Å²) in [7, 11) is 1.97. The molecule has 0 aliphatic carbocycles. The maximum absolute atomic E-state index is 13.6. The number of ether oxygens (including phenoxy) is 1. The van der Waals surface area contributed by atoms with E-state index in [4.69, 9.17) is 10.5 Å². The van der Waals surface area contributed by atoms with Crippen molar-refractivity contribution in [1.82, 2.24) is 9.47 Å². The van der Waals surface area contributed by atoms with Crippen LogP contribution in [0, 0.1) is 5.82 Å². The van der Waals surface area contributed by atoms with Gasteiger partial charge in [0.05, 0.1) is 18.2 Å². The Morgan fingerprint density at radius 3 is 2.88 bits per heavy atom. The Morgan fingerprint density at radius 2 is 2.09 bits per heavy atom. The Kier molecular flexibility index (Phi) is 5.57. The molecule has 0 saturated heterocycles. The monoisotopic (exact) mass is 433 g/mol. The highest BCUT2D eigenvalue weighted by Gasteiger charge is 2.23. The van der Waals surface area contributed by atoms with Crippen LogP contribution in [0.5, 0.6) is 0 Å². The van der Waals surface area contributed by atoms with Gasteiger partial charge in [0.1, 0.15) is 5.82 Å². The van der Waals surface area contributed by atoms with Crippen LogP contribution in [0.4, 0.5) is 4.39 Å². The predicted octanol–water partition coefficient (Wildman–Crippen LogP) is 4.21. The van der Waals surface area contributed by atoms with Gasteiger partial charge in [-0.05, 0) is 66.3 Å². The second kappa shape index (κ2) is 8.52. The molecule has 166 valence electrons. The summed E-state index contributed by atoms with van der Waals surface area (Å²) >= 11 is 0. The number of hydrogen-bond acceptors (Lipinski definition) is 3. The molecule has 0 spiro atoms. The lowest BCUT2D eigenvalue weighted by Gasteiger charge is -2.31. The van der Waals surface area contributed by atoms with Gasteiger partial charge in [-0.25, -0.2) is 4.39 Å². The SMILES string of the molecule is Cn1cc(C2=CCN(CCC3OCCc4cc(C(N)=O)ccc43)CC2)c2ccc(F)cc21. The van der Waals surface area contributed by atoms with Crippen LogP contribution >= 0.6 is 0 Å². The molecule has 0 bridgehead atoms. The van der Waals surface area contributed by atoms with Gasteiger partial charge in [0.15, 0.2) is 0 Å². The fourth-order valence-electron chi connectivity index (χ4n) is 5.00. The zero-order chi connectivity index (χ0) is 22.2. The summed E-state index contributed by atoms with van der Waals surface area (Å²) in [6.45, 7) is 3.51. The number of aryl methyl sites for hydroxylation is 1. The van der Waals surface area contributed by atoms with Gasteiger partial charge in [-0.2, -0.15) is 0 Å². The van der Waals surface area contributed by atoms with Crippen molar-refractivity contribution in [2.45, 2.75) is 25.4 Å². The van der Waals surface area contributed by atoms with Gasteiger partial charge in [-0.1, -0.05) is 12.1 Å². The number of primary amides is 1. The first-order valence-corrected chi connectivity index (χ1v) is 11.2. The van der Waals surface area contributed by atoms with E-state index in [0.717, 1.165) is 49.8 Å². The molecule has 1 amide bonds. The summed E-state index contributed by atoms with van der Waals surface area (Å²) in [5, 5.41) is 1.11. The number of hydrogen-bond donors (Lipinski definition) is 1. The van der Waals surface area contributed by atoms with Gasteiger partial charge in [-0.3, -0.25) is 9.69 Å². The highest BCUT2D eigenvalue weighted by molar-refractivity contribution is 5.94. The number of rotatable bonds is 5. The van der Waals surface area contributed by atoms with Crippen LogP contribution in [-0.4, -0.2) is 41.6 Å². The molecule has 6 heteroatoms. The first kappa shape index (κ1) is 20.9. The van der Waals surface area contributed by atoms with Crippen molar-refractivity contribution in [3.63, 3.8) is 0 Å². The Hall–Kier alpha value is -2.96. The Labute approximate surface area is 187 Å². The number of halogens is 1. The molecule has 2 aliphatic rings. The molecular formula is C26H28FN3O2. The minimum atomic E-state index is -0.386. The highest BCUT2D eigenvalue weighted by Crippen LogP contribution is 2.33. The molecular weight excluding hydrogens is 405 g/mol. The third-order valence-corrected chi connectivity index (χ3v) is 6.76. The number of aromatic nitrogens is 1. The van der Waals surface area contributed by atoms with Gasteiger partial charge in [-0.15, -0.1) is 0 Å². The summed E-state index contributed by atoms with van der Waals surface area (Å²) in [5.74, 6) is -0.588. The van der Waals surface area contributed by atoms with Crippen LogP contribution in [0.25, 0.3) is 16.5 Å². The van der Waals surface area contributed by atoms with Crippen molar-refractivity contribution >= 4 is 22.4 Å². The molecule has 2 N–H and O–H groups in total. The van der Waals surface area contributed by atoms with Crippen molar-refractivity contribution in [3.05, 3.63) is 76.7 Å². The molecule has 1 aromatic heterocycles. The molecule has 1 atom stereocenters. The number of carbonyl (C=O) groups excluding carboxylic acids is 1. The quantitative estimate of drug-likeness (QED) is 0.656. The standard InChI is InChI=1S/C26H28FN3O2/c1-29-16-23(22-5-3-20(27)15-24(22)29)17-6-10-30(11-7-17)12-8-25-21-4-2-19(26(28)31)14-18(21)9-13-32-25/h2-6,14-16,25H,7-13H2,1H3,(H2,28,31). The summed E-state index contributed by atoms with van der Waals surface area (Å²) in [6.07, 6.45) is 7.17. The lowest BCUT2D eigenvalue weighted by atomic mass is 9.93. The van der Waals surface area contributed by atoms with Gasteiger partial charge in [0, 0.05) is 49.4 Å². The molecule has 0 saturated carbocycles. The molecule has 5 rings (SSSR count). The van der Waals surface area contributed by atoms with E-state index in [1.165, 1.54) is 28.3 Å². The molecule has 3 heterocycles. The summed E-state index contributed by atoms with van der Waals surface area (Å²) in [6, 6.07) is 10.7. The van der Waals surface area contributed by atoms with Crippen molar-refractivity contribution in [1.29, 1.82) is 0 Å². The molecule has 32 heavy (non-hydrogen) atoms. The van der Waals surface area contributed by atoms with Gasteiger partial charge in [0.2, 0.25) is 5.91 Å². The molecule has 0 radical (unpaired) electrons. The van der Waals surface area contributed by atoms with E-state index in [-0.39, 0.29) is 17.8 Å². The molecule has 5 nitrogen and oxygen atoms in total. The fraction of sp³-hybridized carbons (Fsp3) is 0.346. The number of carbonyl (C=O) groups is 1. The molecule has 2 aromatic carbocycles. The number of amides is 1. The zero-order valence-corrected chi connectivity index (χ0v) is 18.3. The Bertz CT molecular complexity index is 1210. The Balaban J connectivity index is 1.25. The normalized spacial score (nSPS) is 19.1. The van der Waals surface area contributed by atoms with Gasteiger partial charge >= 0.3 is 0 Å². The van der Waals surface area contributed by atoms with Crippen molar-refractivity contribution in [2.75, 3.05) is 26.2 Å². The zero-order valence-electron chi connectivity index (χ0n) is 18.3. The van der Waals surface area contributed by atoms with E-state index in [1.54, 1.807) is 12.1 Å². The lowest BCUT2D eigenvalue weighted by molar-refractivity contribution is 0.0299. The second-order valence-electron chi connectivity index (χ2n) is 8.77. The topological polar surface area (TPSA) is 60.5 Å². The van der Waals surface area contributed by atoms with Crippen molar-refractivity contribution in [3.8, 4) is 0 Å². The van der Waals surface area contributed by atoms with E-state index in [2.05, 4.69) is 17.2 Å². The maximum atomic E-state index is 13.6. The smallest absolute Gasteiger partial charge is 0.248 e. The van der Waals surface area contributed by atoms with Crippen LogP contribution in [0.1, 0.15) is 46.0 Å². The number of nitrogens with zero attached hydrogens (tertiary/aromatic N) is 2. The molecule has 0 fully saturated rings. The molecule has 3 aromatic rings. The second-order valence-corrected chi connectivity index (χ2v) is 8.77. The van der Waals surface area contributed by atoms with Gasteiger partial charge < -0.3 is 15.0 Å². The van der Waals surface area contributed by atoms with E-state index in [0.29, 0.717) is 12.2 Å². The van der Waals surface area contributed by atoms with Crippen LogP contribution in [0.15, 0.2) is 48.7 Å². The summed E-state index contributed by atoms with van der Waals surface area (Å²) in [5.41, 5.74) is 11.8.